The number of fused-ring (bicyclic) bond motifs is 1. The summed E-state index contributed by atoms with van der Waals surface area (Å²) in [6.07, 6.45) is 3.25. The summed E-state index contributed by atoms with van der Waals surface area (Å²) in [6, 6.07) is 5.53. The molecule has 6 nitrogen and oxygen atoms in total. The molecular formula is C12H11N5O. The Labute approximate surface area is 103 Å². The van der Waals surface area contributed by atoms with Gasteiger partial charge in [-0.05, 0) is 18.2 Å². The van der Waals surface area contributed by atoms with Gasteiger partial charge in [0.1, 0.15) is 17.1 Å². The number of nitrogen functional groups attached to an aromatic ring is 1. The minimum Gasteiger partial charge on any atom is -0.495 e. The molecule has 0 aliphatic rings. The molecule has 0 saturated carbocycles. The van der Waals surface area contributed by atoms with Crippen molar-refractivity contribution in [3.05, 3.63) is 30.6 Å². The first-order chi connectivity index (χ1) is 8.78. The monoisotopic (exact) mass is 241 g/mol. The van der Waals surface area contributed by atoms with E-state index in [-0.39, 0.29) is 0 Å². The van der Waals surface area contributed by atoms with Crippen molar-refractivity contribution < 1.29 is 4.74 Å². The van der Waals surface area contributed by atoms with Crippen LogP contribution in [0.2, 0.25) is 0 Å². The normalized spacial score (nSPS) is 10.7. The molecule has 0 spiro atoms. The van der Waals surface area contributed by atoms with Gasteiger partial charge in [-0.2, -0.15) is 10.2 Å². The van der Waals surface area contributed by atoms with Gasteiger partial charge in [0.05, 0.1) is 30.7 Å². The smallest absolute Gasteiger partial charge is 0.141 e. The lowest BCUT2D eigenvalue weighted by atomic mass is 10.2. The minimum absolute atomic E-state index is 0.576. The lowest BCUT2D eigenvalue weighted by Gasteiger charge is -2.05. The third-order valence-electron chi connectivity index (χ3n) is 2.70. The SMILES string of the molecule is COc1ccc(-c2nc3cnncc3[nH]2)cc1N. The zero-order chi connectivity index (χ0) is 12.5. The first-order valence-electron chi connectivity index (χ1n) is 5.38. The van der Waals surface area contributed by atoms with Crippen LogP contribution >= 0.6 is 0 Å². The second-order valence-corrected chi connectivity index (χ2v) is 3.83. The molecule has 0 unspecified atom stereocenters. The largest absolute Gasteiger partial charge is 0.495 e. The number of H-pyrrole nitrogens is 1. The highest BCUT2D eigenvalue weighted by Gasteiger charge is 2.07. The molecule has 3 rings (SSSR count). The first kappa shape index (κ1) is 10.5. The van der Waals surface area contributed by atoms with Crippen LogP contribution in [0.15, 0.2) is 30.6 Å². The molecule has 2 heterocycles. The number of imidazole rings is 1. The Morgan fingerprint density at radius 2 is 2.06 bits per heavy atom. The van der Waals surface area contributed by atoms with Gasteiger partial charge >= 0.3 is 0 Å². The first-order valence-corrected chi connectivity index (χ1v) is 5.38. The Bertz CT molecular complexity index is 674. The lowest BCUT2D eigenvalue weighted by molar-refractivity contribution is 0.417. The van der Waals surface area contributed by atoms with Crippen LogP contribution in [0.4, 0.5) is 5.69 Å². The topological polar surface area (TPSA) is 89.7 Å². The molecule has 0 atom stereocenters. The van der Waals surface area contributed by atoms with Crippen molar-refractivity contribution in [3.63, 3.8) is 0 Å². The Hall–Kier alpha value is -2.63. The summed E-state index contributed by atoms with van der Waals surface area (Å²) in [4.78, 5) is 7.59. The van der Waals surface area contributed by atoms with E-state index in [2.05, 4.69) is 20.2 Å². The molecule has 90 valence electrons. The van der Waals surface area contributed by atoms with Crippen molar-refractivity contribution >= 4 is 16.7 Å². The molecular weight excluding hydrogens is 230 g/mol. The summed E-state index contributed by atoms with van der Waals surface area (Å²) < 4.78 is 5.12. The van der Waals surface area contributed by atoms with E-state index >= 15 is 0 Å². The fourth-order valence-electron chi connectivity index (χ4n) is 1.79. The van der Waals surface area contributed by atoms with Gasteiger partial charge in [-0.3, -0.25) is 0 Å². The van der Waals surface area contributed by atoms with E-state index in [1.807, 2.05) is 18.2 Å². The number of hydrogen-bond donors (Lipinski definition) is 2. The summed E-state index contributed by atoms with van der Waals surface area (Å²) in [5, 5.41) is 7.59. The van der Waals surface area contributed by atoms with E-state index in [4.69, 9.17) is 10.5 Å². The number of nitrogens with one attached hydrogen (secondary N) is 1. The number of aromatic nitrogens is 4. The average Bonchev–Trinajstić information content (AvgIpc) is 2.82. The van der Waals surface area contributed by atoms with Crippen molar-refractivity contribution in [3.8, 4) is 17.1 Å². The minimum atomic E-state index is 0.576. The van der Waals surface area contributed by atoms with E-state index < -0.39 is 0 Å². The Morgan fingerprint density at radius 1 is 1.22 bits per heavy atom. The molecule has 2 aromatic heterocycles. The van der Waals surface area contributed by atoms with Gasteiger partial charge in [0.2, 0.25) is 0 Å². The van der Waals surface area contributed by atoms with Gasteiger partial charge in [-0.1, -0.05) is 0 Å². The highest BCUT2D eigenvalue weighted by atomic mass is 16.5. The predicted molar refractivity (Wildman–Crippen MR) is 68.1 cm³/mol. The molecule has 3 N–H and O–H groups in total. The third-order valence-corrected chi connectivity index (χ3v) is 2.70. The second-order valence-electron chi connectivity index (χ2n) is 3.83. The molecule has 0 amide bonds. The molecule has 6 heteroatoms. The van der Waals surface area contributed by atoms with Crippen LogP contribution in [0.1, 0.15) is 0 Å². The number of methoxy groups -OCH3 is 1. The van der Waals surface area contributed by atoms with Crippen LogP contribution in [-0.2, 0) is 0 Å². The molecule has 0 aliphatic carbocycles. The Kier molecular flexibility index (Phi) is 2.33. The quantitative estimate of drug-likeness (QED) is 0.665. The molecule has 1 aromatic carbocycles. The van der Waals surface area contributed by atoms with Crippen LogP contribution in [0.5, 0.6) is 5.75 Å². The van der Waals surface area contributed by atoms with Crippen LogP contribution in [0.3, 0.4) is 0 Å². The zero-order valence-corrected chi connectivity index (χ0v) is 9.71. The van der Waals surface area contributed by atoms with E-state index in [9.17, 15) is 0 Å². The lowest BCUT2D eigenvalue weighted by Crippen LogP contribution is -1.92. The summed E-state index contributed by atoms with van der Waals surface area (Å²) in [5.74, 6) is 1.38. The van der Waals surface area contributed by atoms with Gasteiger partial charge in [-0.15, -0.1) is 0 Å². The van der Waals surface area contributed by atoms with E-state index in [1.165, 1.54) is 0 Å². The molecule has 0 radical (unpaired) electrons. The van der Waals surface area contributed by atoms with Crippen LogP contribution in [0.25, 0.3) is 22.4 Å². The van der Waals surface area contributed by atoms with Gasteiger partial charge in [0.15, 0.2) is 0 Å². The van der Waals surface area contributed by atoms with E-state index in [0.717, 1.165) is 22.4 Å². The average molecular weight is 241 g/mol. The molecule has 0 fully saturated rings. The maximum atomic E-state index is 5.87. The fourth-order valence-corrected chi connectivity index (χ4v) is 1.79. The summed E-state index contributed by atoms with van der Waals surface area (Å²) in [5.41, 5.74) is 8.96. The maximum absolute atomic E-state index is 5.87. The maximum Gasteiger partial charge on any atom is 0.141 e. The van der Waals surface area contributed by atoms with Crippen molar-refractivity contribution in [2.24, 2.45) is 0 Å². The summed E-state index contributed by atoms with van der Waals surface area (Å²) in [7, 11) is 1.59. The van der Waals surface area contributed by atoms with Gasteiger partial charge in [0.25, 0.3) is 0 Å². The Balaban J connectivity index is 2.11. The molecule has 3 aromatic rings. The summed E-state index contributed by atoms with van der Waals surface area (Å²) in [6.45, 7) is 0. The van der Waals surface area contributed by atoms with Crippen molar-refractivity contribution in [1.82, 2.24) is 20.2 Å². The zero-order valence-electron chi connectivity index (χ0n) is 9.71. The molecule has 0 aliphatic heterocycles. The summed E-state index contributed by atoms with van der Waals surface area (Å²) >= 11 is 0. The number of rotatable bonds is 2. The van der Waals surface area contributed by atoms with E-state index in [1.54, 1.807) is 19.5 Å². The molecule has 0 bridgehead atoms. The fraction of sp³-hybridized carbons (Fsp3) is 0.0833. The third kappa shape index (κ3) is 1.64. The van der Waals surface area contributed by atoms with Crippen LogP contribution in [0, 0.1) is 0 Å². The van der Waals surface area contributed by atoms with Gasteiger partial charge < -0.3 is 15.5 Å². The second kappa shape index (κ2) is 3.99. The number of nitrogens with two attached hydrogens (primary N) is 1. The van der Waals surface area contributed by atoms with Gasteiger partial charge in [-0.25, -0.2) is 4.98 Å². The number of nitrogens with zero attached hydrogens (tertiary/aromatic N) is 3. The van der Waals surface area contributed by atoms with Crippen LogP contribution < -0.4 is 10.5 Å². The Morgan fingerprint density at radius 3 is 2.78 bits per heavy atom. The van der Waals surface area contributed by atoms with Crippen molar-refractivity contribution in [1.29, 1.82) is 0 Å². The number of ether oxygens (including phenoxy) is 1. The van der Waals surface area contributed by atoms with Crippen molar-refractivity contribution in [2.45, 2.75) is 0 Å². The molecule has 0 saturated heterocycles. The van der Waals surface area contributed by atoms with E-state index in [0.29, 0.717) is 11.4 Å². The highest BCUT2D eigenvalue weighted by molar-refractivity contribution is 5.78. The van der Waals surface area contributed by atoms with Crippen LogP contribution in [-0.4, -0.2) is 27.3 Å². The standard InChI is InChI=1S/C12H11N5O/c1-18-11-3-2-7(4-8(11)13)12-16-9-5-14-15-6-10(9)17-12/h2-6H,13H2,1H3,(H,16,17). The number of anilines is 1. The highest BCUT2D eigenvalue weighted by Crippen LogP contribution is 2.27. The predicted octanol–water partition coefficient (Wildman–Crippen LogP) is 1.61. The van der Waals surface area contributed by atoms with Gasteiger partial charge in [0, 0.05) is 5.56 Å². The molecule has 18 heavy (non-hydrogen) atoms. The number of benzene rings is 1. The van der Waals surface area contributed by atoms with Crippen molar-refractivity contribution in [2.75, 3.05) is 12.8 Å². The number of aromatic amines is 1. The number of hydrogen-bond acceptors (Lipinski definition) is 5.